The molecule has 2 aromatic carbocycles. The number of alkyl halides is 1. The van der Waals surface area contributed by atoms with Crippen molar-refractivity contribution in [2.24, 2.45) is 0 Å². The van der Waals surface area contributed by atoms with Gasteiger partial charge in [0.1, 0.15) is 11.6 Å². The Labute approximate surface area is 128 Å². The number of fused-ring (bicyclic) bond motifs is 1. The molecule has 0 spiro atoms. The predicted molar refractivity (Wildman–Crippen MR) is 84.4 cm³/mol. The molecule has 4 heteroatoms. The Balaban J connectivity index is 2.11. The fraction of sp³-hybridized carbons (Fsp3) is 0.235. The molecule has 0 fully saturated rings. The maximum Gasteiger partial charge on any atom is 0.128 e. The summed E-state index contributed by atoms with van der Waals surface area (Å²) >= 11 is 5.87. The van der Waals surface area contributed by atoms with Crippen LogP contribution in [-0.2, 0) is 13.0 Å². The summed E-state index contributed by atoms with van der Waals surface area (Å²) in [6, 6.07) is 13.0. The first kappa shape index (κ1) is 14.1. The van der Waals surface area contributed by atoms with Gasteiger partial charge in [-0.3, -0.25) is 0 Å². The van der Waals surface area contributed by atoms with E-state index in [1.807, 2.05) is 31.2 Å². The molecule has 108 valence electrons. The van der Waals surface area contributed by atoms with E-state index < -0.39 is 0 Å². The summed E-state index contributed by atoms with van der Waals surface area (Å²) in [7, 11) is 0. The minimum absolute atomic E-state index is 0.191. The van der Waals surface area contributed by atoms with Crippen molar-refractivity contribution in [3.63, 3.8) is 0 Å². The van der Waals surface area contributed by atoms with Gasteiger partial charge in [0.25, 0.3) is 0 Å². The van der Waals surface area contributed by atoms with Crippen LogP contribution in [0, 0.1) is 12.7 Å². The van der Waals surface area contributed by atoms with E-state index in [2.05, 4.69) is 9.55 Å². The second kappa shape index (κ2) is 5.86. The first-order valence-electron chi connectivity index (χ1n) is 6.94. The standard InChI is InChI=1S/C17H16ClFN2/c1-12-6-7-16-15(10-12)20-17(8-9-18)21(16)11-13-4-2-3-5-14(13)19/h2-7,10H,8-9,11H2,1H3. The molecule has 1 aromatic heterocycles. The SMILES string of the molecule is Cc1ccc2c(c1)nc(CCCl)n2Cc1ccccc1F. The fourth-order valence-corrected chi connectivity index (χ4v) is 2.71. The van der Waals surface area contributed by atoms with Crippen molar-refractivity contribution in [1.29, 1.82) is 0 Å². The van der Waals surface area contributed by atoms with Gasteiger partial charge in [-0.1, -0.05) is 24.3 Å². The van der Waals surface area contributed by atoms with Crippen LogP contribution >= 0.6 is 11.6 Å². The number of halogens is 2. The van der Waals surface area contributed by atoms with Gasteiger partial charge in [-0.05, 0) is 30.7 Å². The zero-order chi connectivity index (χ0) is 14.8. The minimum Gasteiger partial charge on any atom is -0.323 e. The van der Waals surface area contributed by atoms with Crippen molar-refractivity contribution >= 4 is 22.6 Å². The number of rotatable bonds is 4. The molecule has 0 bridgehead atoms. The van der Waals surface area contributed by atoms with Gasteiger partial charge in [0.05, 0.1) is 17.6 Å². The number of imidazole rings is 1. The Morgan fingerprint density at radius 3 is 2.76 bits per heavy atom. The molecule has 3 aromatic rings. The molecule has 0 aliphatic carbocycles. The summed E-state index contributed by atoms with van der Waals surface area (Å²) in [5.74, 6) is 1.21. The van der Waals surface area contributed by atoms with Crippen LogP contribution in [0.25, 0.3) is 11.0 Å². The molecule has 0 atom stereocenters. The van der Waals surface area contributed by atoms with Gasteiger partial charge in [-0.25, -0.2) is 9.37 Å². The Hall–Kier alpha value is -1.87. The smallest absolute Gasteiger partial charge is 0.128 e. The van der Waals surface area contributed by atoms with E-state index in [1.54, 1.807) is 12.1 Å². The van der Waals surface area contributed by atoms with E-state index in [0.29, 0.717) is 24.4 Å². The zero-order valence-corrected chi connectivity index (χ0v) is 12.6. The second-order valence-electron chi connectivity index (χ2n) is 5.14. The van der Waals surface area contributed by atoms with E-state index >= 15 is 0 Å². The molecule has 0 N–H and O–H groups in total. The molecule has 1 heterocycles. The van der Waals surface area contributed by atoms with Crippen molar-refractivity contribution in [3.05, 3.63) is 65.2 Å². The number of hydrogen-bond donors (Lipinski definition) is 0. The highest BCUT2D eigenvalue weighted by Crippen LogP contribution is 2.21. The van der Waals surface area contributed by atoms with Crippen molar-refractivity contribution in [3.8, 4) is 0 Å². The maximum atomic E-state index is 13.9. The quantitative estimate of drug-likeness (QED) is 0.657. The monoisotopic (exact) mass is 302 g/mol. The van der Waals surface area contributed by atoms with Crippen molar-refractivity contribution < 1.29 is 4.39 Å². The average Bonchev–Trinajstić information content (AvgIpc) is 2.79. The number of nitrogens with zero attached hydrogens (tertiary/aromatic N) is 2. The molecular weight excluding hydrogens is 287 g/mol. The van der Waals surface area contributed by atoms with Crippen LogP contribution in [-0.4, -0.2) is 15.4 Å². The van der Waals surface area contributed by atoms with Crippen LogP contribution in [0.5, 0.6) is 0 Å². The Kier molecular flexibility index (Phi) is 3.93. The van der Waals surface area contributed by atoms with E-state index in [9.17, 15) is 4.39 Å². The summed E-state index contributed by atoms with van der Waals surface area (Å²) < 4.78 is 16.0. The number of hydrogen-bond acceptors (Lipinski definition) is 1. The third-order valence-corrected chi connectivity index (χ3v) is 3.78. The van der Waals surface area contributed by atoms with Gasteiger partial charge < -0.3 is 4.57 Å². The lowest BCUT2D eigenvalue weighted by atomic mass is 10.2. The van der Waals surface area contributed by atoms with E-state index in [1.165, 1.54) is 6.07 Å². The van der Waals surface area contributed by atoms with Crippen molar-refractivity contribution in [2.75, 3.05) is 5.88 Å². The summed E-state index contributed by atoms with van der Waals surface area (Å²) in [5.41, 5.74) is 3.78. The third kappa shape index (κ3) is 2.79. The number of benzene rings is 2. The first-order valence-corrected chi connectivity index (χ1v) is 7.47. The minimum atomic E-state index is -0.191. The molecule has 0 saturated heterocycles. The van der Waals surface area contributed by atoms with Crippen molar-refractivity contribution in [2.45, 2.75) is 19.9 Å². The molecule has 2 nitrogen and oxygen atoms in total. The summed E-state index contributed by atoms with van der Waals surface area (Å²) in [6.07, 6.45) is 0.670. The Morgan fingerprint density at radius 2 is 2.00 bits per heavy atom. The topological polar surface area (TPSA) is 17.8 Å². The highest BCUT2D eigenvalue weighted by Gasteiger charge is 2.12. The number of aryl methyl sites for hydroxylation is 2. The van der Waals surface area contributed by atoms with Crippen LogP contribution < -0.4 is 0 Å². The predicted octanol–water partition coefficient (Wildman–Crippen LogP) is 4.31. The fourth-order valence-electron chi connectivity index (χ4n) is 2.54. The van der Waals surface area contributed by atoms with Crippen LogP contribution in [0.2, 0.25) is 0 Å². The van der Waals surface area contributed by atoms with E-state index in [-0.39, 0.29) is 5.82 Å². The zero-order valence-electron chi connectivity index (χ0n) is 11.8. The molecule has 0 amide bonds. The molecule has 0 unspecified atom stereocenters. The van der Waals surface area contributed by atoms with E-state index in [4.69, 9.17) is 11.6 Å². The maximum absolute atomic E-state index is 13.9. The largest absolute Gasteiger partial charge is 0.323 e. The molecule has 0 radical (unpaired) electrons. The van der Waals surface area contributed by atoms with Crippen LogP contribution in [0.4, 0.5) is 4.39 Å². The Morgan fingerprint density at radius 1 is 1.19 bits per heavy atom. The average molecular weight is 303 g/mol. The summed E-state index contributed by atoms with van der Waals surface area (Å²) in [4.78, 5) is 4.65. The summed E-state index contributed by atoms with van der Waals surface area (Å²) in [6.45, 7) is 2.51. The van der Waals surface area contributed by atoms with E-state index in [0.717, 1.165) is 22.4 Å². The number of aromatic nitrogens is 2. The van der Waals surface area contributed by atoms with Crippen LogP contribution in [0.3, 0.4) is 0 Å². The lowest BCUT2D eigenvalue weighted by Gasteiger charge is -2.09. The molecule has 21 heavy (non-hydrogen) atoms. The van der Waals surface area contributed by atoms with Gasteiger partial charge in [0, 0.05) is 17.9 Å². The van der Waals surface area contributed by atoms with Crippen molar-refractivity contribution in [1.82, 2.24) is 9.55 Å². The van der Waals surface area contributed by atoms with Crippen LogP contribution in [0.1, 0.15) is 17.0 Å². The molecule has 3 rings (SSSR count). The van der Waals surface area contributed by atoms with Gasteiger partial charge in [0.2, 0.25) is 0 Å². The normalized spacial score (nSPS) is 11.2. The van der Waals surface area contributed by atoms with Gasteiger partial charge in [-0.2, -0.15) is 0 Å². The lowest BCUT2D eigenvalue weighted by molar-refractivity contribution is 0.598. The molecule has 0 aliphatic rings. The van der Waals surface area contributed by atoms with Gasteiger partial charge in [-0.15, -0.1) is 11.6 Å². The first-order chi connectivity index (χ1) is 10.2. The Bertz CT molecular complexity index is 780. The van der Waals surface area contributed by atoms with Crippen LogP contribution in [0.15, 0.2) is 42.5 Å². The highest BCUT2D eigenvalue weighted by atomic mass is 35.5. The van der Waals surface area contributed by atoms with Gasteiger partial charge >= 0.3 is 0 Å². The second-order valence-corrected chi connectivity index (χ2v) is 5.51. The summed E-state index contributed by atoms with van der Waals surface area (Å²) in [5, 5.41) is 0. The van der Waals surface area contributed by atoms with Gasteiger partial charge in [0.15, 0.2) is 0 Å². The molecule has 0 aliphatic heterocycles. The third-order valence-electron chi connectivity index (χ3n) is 3.59. The molecule has 0 saturated carbocycles. The highest BCUT2D eigenvalue weighted by molar-refractivity contribution is 6.17. The lowest BCUT2D eigenvalue weighted by Crippen LogP contribution is -2.07. The molecular formula is C17H16ClFN2.